The fraction of sp³-hybridized carbons (Fsp3) is 0.348. The molecular formula is C23H25F4N5O3. The molecule has 8 nitrogen and oxygen atoms in total. The van der Waals surface area contributed by atoms with E-state index in [1.807, 2.05) is 6.92 Å². The third kappa shape index (κ3) is 6.92. The van der Waals surface area contributed by atoms with E-state index >= 15 is 0 Å². The first-order valence-corrected chi connectivity index (χ1v) is 10.9. The minimum atomic E-state index is -5.13. The van der Waals surface area contributed by atoms with Gasteiger partial charge in [0.25, 0.3) is 5.91 Å². The molecule has 1 saturated heterocycles. The molecule has 0 saturated carbocycles. The van der Waals surface area contributed by atoms with E-state index in [1.54, 1.807) is 16.4 Å². The first-order chi connectivity index (χ1) is 16.6. The van der Waals surface area contributed by atoms with Crippen molar-refractivity contribution in [2.75, 3.05) is 37.6 Å². The number of hydrogen-bond donors (Lipinski definition) is 2. The SMILES string of the molecule is CCN1CCN(C(=O)N(Cc2ccc(C(=O)NNC(=O)C(F)(F)F)cc2)c2cccc(F)c2)CC1. The number of hydrogen-bond acceptors (Lipinski definition) is 4. The molecule has 2 aromatic rings. The molecule has 1 heterocycles. The normalized spacial score (nSPS) is 14.4. The molecular weight excluding hydrogens is 470 g/mol. The van der Waals surface area contributed by atoms with Crippen molar-refractivity contribution in [3.63, 3.8) is 0 Å². The average Bonchev–Trinajstić information content (AvgIpc) is 2.85. The number of carbonyl (C=O) groups excluding carboxylic acids is 3. The average molecular weight is 495 g/mol. The summed E-state index contributed by atoms with van der Waals surface area (Å²) < 4.78 is 50.7. The Bertz CT molecular complexity index is 1050. The van der Waals surface area contributed by atoms with Gasteiger partial charge < -0.3 is 9.80 Å². The van der Waals surface area contributed by atoms with Crippen LogP contribution in [0.25, 0.3) is 0 Å². The van der Waals surface area contributed by atoms with E-state index in [-0.39, 0.29) is 18.1 Å². The van der Waals surface area contributed by atoms with Gasteiger partial charge in [-0.3, -0.25) is 25.3 Å². The smallest absolute Gasteiger partial charge is 0.322 e. The Hall–Kier alpha value is -3.67. The molecule has 1 aliphatic heterocycles. The summed E-state index contributed by atoms with van der Waals surface area (Å²) in [5.74, 6) is -3.74. The third-order valence-corrected chi connectivity index (χ3v) is 5.54. The highest BCUT2D eigenvalue weighted by molar-refractivity contribution is 5.96. The van der Waals surface area contributed by atoms with Crippen LogP contribution < -0.4 is 15.8 Å². The van der Waals surface area contributed by atoms with Crippen LogP contribution in [-0.4, -0.2) is 66.5 Å². The summed E-state index contributed by atoms with van der Waals surface area (Å²) in [6, 6.07) is 11.1. The maximum absolute atomic E-state index is 13.9. The fourth-order valence-electron chi connectivity index (χ4n) is 3.54. The van der Waals surface area contributed by atoms with E-state index in [0.29, 0.717) is 24.3 Å². The number of piperazine rings is 1. The maximum atomic E-state index is 13.9. The summed E-state index contributed by atoms with van der Waals surface area (Å²) in [6.07, 6.45) is -5.13. The van der Waals surface area contributed by atoms with E-state index in [0.717, 1.165) is 19.6 Å². The second-order valence-electron chi connectivity index (χ2n) is 7.87. The predicted octanol–water partition coefficient (Wildman–Crippen LogP) is 2.91. The number of benzene rings is 2. The van der Waals surface area contributed by atoms with Crippen molar-refractivity contribution in [3.05, 3.63) is 65.5 Å². The first kappa shape index (κ1) is 25.9. The number of likely N-dealkylation sites (N-methyl/N-ethyl adjacent to an activating group) is 1. The molecule has 1 aliphatic rings. The zero-order valence-corrected chi connectivity index (χ0v) is 18.9. The van der Waals surface area contributed by atoms with Gasteiger partial charge in [-0.2, -0.15) is 13.2 Å². The molecule has 0 aliphatic carbocycles. The zero-order chi connectivity index (χ0) is 25.6. The maximum Gasteiger partial charge on any atom is 0.472 e. The van der Waals surface area contributed by atoms with Crippen molar-refractivity contribution in [3.8, 4) is 0 Å². The van der Waals surface area contributed by atoms with Gasteiger partial charge in [-0.05, 0) is 42.4 Å². The van der Waals surface area contributed by atoms with Crippen molar-refractivity contribution < 1.29 is 31.9 Å². The van der Waals surface area contributed by atoms with E-state index in [2.05, 4.69) is 4.90 Å². The number of amides is 4. The van der Waals surface area contributed by atoms with Crippen LogP contribution in [-0.2, 0) is 11.3 Å². The van der Waals surface area contributed by atoms with Crippen LogP contribution in [0.15, 0.2) is 48.5 Å². The van der Waals surface area contributed by atoms with Gasteiger partial charge in [0.1, 0.15) is 5.82 Å². The second-order valence-corrected chi connectivity index (χ2v) is 7.87. The van der Waals surface area contributed by atoms with Gasteiger partial charge in [0.05, 0.1) is 6.54 Å². The van der Waals surface area contributed by atoms with Crippen molar-refractivity contribution >= 4 is 23.5 Å². The highest BCUT2D eigenvalue weighted by atomic mass is 19.4. The van der Waals surface area contributed by atoms with Gasteiger partial charge in [0.2, 0.25) is 0 Å². The van der Waals surface area contributed by atoms with E-state index in [1.165, 1.54) is 52.8 Å². The number of nitrogens with zero attached hydrogens (tertiary/aromatic N) is 3. The number of carbonyl (C=O) groups is 3. The molecule has 35 heavy (non-hydrogen) atoms. The molecule has 3 rings (SSSR count). The van der Waals surface area contributed by atoms with E-state index < -0.39 is 23.8 Å². The number of urea groups is 1. The monoisotopic (exact) mass is 495 g/mol. The Morgan fingerprint density at radius 2 is 1.63 bits per heavy atom. The van der Waals surface area contributed by atoms with Gasteiger partial charge >= 0.3 is 18.1 Å². The molecule has 2 N–H and O–H groups in total. The molecule has 1 fully saturated rings. The first-order valence-electron chi connectivity index (χ1n) is 10.9. The number of nitrogens with one attached hydrogen (secondary N) is 2. The van der Waals surface area contributed by atoms with Crippen molar-refractivity contribution in [1.82, 2.24) is 20.7 Å². The number of anilines is 1. The topological polar surface area (TPSA) is 85.0 Å². The van der Waals surface area contributed by atoms with Crippen molar-refractivity contribution in [1.29, 1.82) is 0 Å². The van der Waals surface area contributed by atoms with Crippen LogP contribution in [0.1, 0.15) is 22.8 Å². The van der Waals surface area contributed by atoms with E-state index in [9.17, 15) is 31.9 Å². The molecule has 0 unspecified atom stereocenters. The van der Waals surface area contributed by atoms with Crippen molar-refractivity contribution in [2.45, 2.75) is 19.6 Å². The van der Waals surface area contributed by atoms with Gasteiger partial charge in [0.15, 0.2) is 0 Å². The molecule has 0 spiro atoms. The lowest BCUT2D eigenvalue weighted by Crippen LogP contribution is -2.52. The summed E-state index contributed by atoms with van der Waals surface area (Å²) >= 11 is 0. The summed E-state index contributed by atoms with van der Waals surface area (Å²) in [4.78, 5) is 41.5. The van der Waals surface area contributed by atoms with Crippen LogP contribution in [0.2, 0.25) is 0 Å². The number of rotatable bonds is 5. The van der Waals surface area contributed by atoms with E-state index in [4.69, 9.17) is 0 Å². The number of halogens is 4. The molecule has 0 atom stereocenters. The largest absolute Gasteiger partial charge is 0.472 e. The molecule has 0 radical (unpaired) electrons. The van der Waals surface area contributed by atoms with Gasteiger partial charge in [0, 0.05) is 37.4 Å². The van der Waals surface area contributed by atoms with Gasteiger partial charge in [-0.15, -0.1) is 0 Å². The summed E-state index contributed by atoms with van der Waals surface area (Å²) in [7, 11) is 0. The lowest BCUT2D eigenvalue weighted by atomic mass is 10.1. The Kier molecular flexibility index (Phi) is 8.28. The van der Waals surface area contributed by atoms with Crippen LogP contribution in [0, 0.1) is 5.82 Å². The molecule has 0 aromatic heterocycles. The lowest BCUT2D eigenvalue weighted by Gasteiger charge is -2.37. The summed E-state index contributed by atoms with van der Waals surface area (Å²) in [6.45, 7) is 5.52. The second kappa shape index (κ2) is 11.2. The number of alkyl halides is 3. The Balaban J connectivity index is 1.72. The van der Waals surface area contributed by atoms with Crippen LogP contribution >= 0.6 is 0 Å². The summed E-state index contributed by atoms with van der Waals surface area (Å²) in [5, 5.41) is 0. The predicted molar refractivity (Wildman–Crippen MR) is 120 cm³/mol. The Morgan fingerprint density at radius 1 is 0.971 bits per heavy atom. The van der Waals surface area contributed by atoms with Gasteiger partial charge in [-0.1, -0.05) is 25.1 Å². The number of hydrazine groups is 1. The molecule has 12 heteroatoms. The molecule has 188 valence electrons. The lowest BCUT2D eigenvalue weighted by molar-refractivity contribution is -0.174. The van der Waals surface area contributed by atoms with Crippen molar-refractivity contribution in [2.24, 2.45) is 0 Å². The van der Waals surface area contributed by atoms with Gasteiger partial charge in [-0.25, -0.2) is 9.18 Å². The van der Waals surface area contributed by atoms with Crippen LogP contribution in [0.5, 0.6) is 0 Å². The third-order valence-electron chi connectivity index (χ3n) is 5.54. The fourth-order valence-corrected chi connectivity index (χ4v) is 3.54. The molecule has 4 amide bonds. The minimum absolute atomic E-state index is 0.00413. The Morgan fingerprint density at radius 3 is 2.20 bits per heavy atom. The van der Waals surface area contributed by atoms with Crippen LogP contribution in [0.3, 0.4) is 0 Å². The Labute approximate surface area is 199 Å². The standard InChI is InChI=1S/C23H25F4N5O3/c1-2-30-10-12-31(13-11-30)22(35)32(19-5-3-4-18(24)14-19)15-16-6-8-17(9-7-16)20(33)28-29-21(34)23(25,26)27/h3-9,14H,2,10-13,15H2,1H3,(H,28,33)(H,29,34). The zero-order valence-electron chi connectivity index (χ0n) is 18.9. The minimum Gasteiger partial charge on any atom is -0.322 e. The molecule has 2 aromatic carbocycles. The highest BCUT2D eigenvalue weighted by Gasteiger charge is 2.39. The summed E-state index contributed by atoms with van der Waals surface area (Å²) in [5.41, 5.74) is 3.95. The highest BCUT2D eigenvalue weighted by Crippen LogP contribution is 2.21. The quantitative estimate of drug-likeness (QED) is 0.494. The molecule has 0 bridgehead atoms. The van der Waals surface area contributed by atoms with Crippen LogP contribution in [0.4, 0.5) is 28.0 Å².